The van der Waals surface area contributed by atoms with E-state index in [9.17, 15) is 62.3 Å². The van der Waals surface area contributed by atoms with Crippen molar-refractivity contribution >= 4 is 23.2 Å². The Kier molecular flexibility index (Phi) is 9.55. The standard InChI is InChI=1S/C26H15F13N2O4/c1-11-9-12(23(30,24(31,32)33)25(34,35)36)10-17(44-22(28)29)19(11)41-21(43)14-6-4-7-15(18(14)27)40-20(42)13-5-2-3-8-16(13)45-26(37,38)39/h2-10,22H,1H3,(H,40,42)(H,41,43). The Morgan fingerprint density at radius 1 is 0.733 bits per heavy atom. The van der Waals surface area contributed by atoms with Crippen LogP contribution in [0.15, 0.2) is 54.6 Å². The molecule has 0 saturated carbocycles. The molecule has 0 fully saturated rings. The molecule has 45 heavy (non-hydrogen) atoms. The van der Waals surface area contributed by atoms with Gasteiger partial charge in [-0.1, -0.05) is 18.2 Å². The summed E-state index contributed by atoms with van der Waals surface area (Å²) in [4.78, 5) is 25.4. The van der Waals surface area contributed by atoms with Gasteiger partial charge in [0.15, 0.2) is 5.82 Å². The lowest BCUT2D eigenvalue weighted by Gasteiger charge is -2.31. The fourth-order valence-electron chi connectivity index (χ4n) is 3.83. The van der Waals surface area contributed by atoms with Crippen LogP contribution in [-0.2, 0) is 5.67 Å². The van der Waals surface area contributed by atoms with Gasteiger partial charge >= 0.3 is 31.0 Å². The SMILES string of the molecule is Cc1cc(C(F)(C(F)(F)F)C(F)(F)F)cc(OC(F)F)c1NC(=O)c1cccc(NC(=O)c2ccccc2OC(F)(F)F)c1F. The van der Waals surface area contributed by atoms with Crippen molar-refractivity contribution in [1.29, 1.82) is 0 Å². The summed E-state index contributed by atoms with van der Waals surface area (Å²) in [7, 11) is 0. The number of aryl methyl sites for hydroxylation is 1. The molecule has 0 heterocycles. The number of rotatable bonds is 8. The number of hydrogen-bond donors (Lipinski definition) is 2. The van der Waals surface area contributed by atoms with Gasteiger partial charge in [0.05, 0.1) is 22.5 Å². The number of carbonyl (C=O) groups excluding carboxylic acids is 2. The van der Waals surface area contributed by atoms with Gasteiger partial charge in [-0.25, -0.2) is 8.78 Å². The molecule has 0 spiro atoms. The van der Waals surface area contributed by atoms with Crippen LogP contribution in [0.5, 0.6) is 11.5 Å². The summed E-state index contributed by atoms with van der Waals surface area (Å²) in [5.41, 5.74) is -12.7. The Hall–Kier alpha value is -4.71. The molecule has 0 atom stereocenters. The summed E-state index contributed by atoms with van der Waals surface area (Å²) < 4.78 is 181. The van der Waals surface area contributed by atoms with Gasteiger partial charge in [-0.2, -0.15) is 35.1 Å². The van der Waals surface area contributed by atoms with E-state index in [4.69, 9.17) is 0 Å². The van der Waals surface area contributed by atoms with E-state index >= 15 is 4.39 Å². The molecule has 2 amide bonds. The van der Waals surface area contributed by atoms with E-state index in [0.29, 0.717) is 6.92 Å². The van der Waals surface area contributed by atoms with E-state index in [-0.39, 0.29) is 12.1 Å². The van der Waals surface area contributed by atoms with Crippen LogP contribution in [0.1, 0.15) is 31.8 Å². The molecule has 244 valence electrons. The molecular formula is C26H15F13N2O4. The zero-order chi connectivity index (χ0) is 34.1. The minimum Gasteiger partial charge on any atom is -0.433 e. The summed E-state index contributed by atoms with van der Waals surface area (Å²) in [6.07, 6.45) is -18.5. The first-order chi connectivity index (χ1) is 20.6. The highest BCUT2D eigenvalue weighted by Crippen LogP contribution is 2.54. The number of halogens is 13. The predicted octanol–water partition coefficient (Wildman–Crippen LogP) is 8.43. The molecule has 0 unspecified atom stereocenters. The van der Waals surface area contributed by atoms with Crippen LogP contribution in [0.3, 0.4) is 0 Å². The third-order valence-corrected chi connectivity index (χ3v) is 5.78. The molecular weight excluding hydrogens is 651 g/mol. The topological polar surface area (TPSA) is 76.7 Å². The van der Waals surface area contributed by atoms with Gasteiger partial charge in [0, 0.05) is 5.56 Å². The number of ether oxygens (including phenoxy) is 2. The first-order valence-electron chi connectivity index (χ1n) is 11.7. The van der Waals surface area contributed by atoms with Crippen molar-refractivity contribution in [3.8, 4) is 11.5 Å². The molecule has 0 saturated heterocycles. The monoisotopic (exact) mass is 666 g/mol. The minimum absolute atomic E-state index is 0.0532. The highest BCUT2D eigenvalue weighted by Gasteiger charge is 2.73. The maximum atomic E-state index is 15.2. The Labute approximate surface area is 242 Å². The highest BCUT2D eigenvalue weighted by atomic mass is 19.4. The number of alkyl halides is 12. The third kappa shape index (κ3) is 7.51. The second kappa shape index (κ2) is 12.4. The van der Waals surface area contributed by atoms with Gasteiger partial charge in [-0.15, -0.1) is 13.2 Å². The van der Waals surface area contributed by atoms with Crippen LogP contribution in [0, 0.1) is 12.7 Å². The average Bonchev–Trinajstić information content (AvgIpc) is 2.88. The number of para-hydroxylation sites is 1. The van der Waals surface area contributed by atoms with Crippen LogP contribution in [0.2, 0.25) is 0 Å². The quantitative estimate of drug-likeness (QED) is 0.237. The molecule has 6 nitrogen and oxygen atoms in total. The van der Waals surface area contributed by atoms with E-state index in [1.54, 1.807) is 5.32 Å². The normalized spacial score (nSPS) is 12.6. The van der Waals surface area contributed by atoms with Crippen LogP contribution >= 0.6 is 0 Å². The zero-order valence-electron chi connectivity index (χ0n) is 21.8. The number of nitrogens with one attached hydrogen (secondary N) is 2. The van der Waals surface area contributed by atoms with E-state index in [1.165, 1.54) is 0 Å². The summed E-state index contributed by atoms with van der Waals surface area (Å²) in [5, 5.41) is 3.66. The minimum atomic E-state index is -6.63. The summed E-state index contributed by atoms with van der Waals surface area (Å²) in [5.74, 6) is -7.04. The molecule has 0 aliphatic heterocycles. The Morgan fingerprint density at radius 3 is 1.84 bits per heavy atom. The van der Waals surface area contributed by atoms with Crippen LogP contribution in [0.25, 0.3) is 0 Å². The fourth-order valence-corrected chi connectivity index (χ4v) is 3.83. The van der Waals surface area contributed by atoms with Crippen LogP contribution in [0.4, 0.5) is 68.5 Å². The number of amides is 2. The largest absolute Gasteiger partial charge is 0.573 e. The Morgan fingerprint density at radius 2 is 1.29 bits per heavy atom. The highest BCUT2D eigenvalue weighted by molar-refractivity contribution is 6.09. The molecule has 0 aromatic heterocycles. The van der Waals surface area contributed by atoms with Crippen molar-refractivity contribution in [2.75, 3.05) is 10.6 Å². The van der Waals surface area contributed by atoms with E-state index in [1.807, 2.05) is 5.32 Å². The summed E-state index contributed by atoms with van der Waals surface area (Å²) >= 11 is 0. The van der Waals surface area contributed by atoms with Gasteiger partial charge in [-0.3, -0.25) is 9.59 Å². The van der Waals surface area contributed by atoms with Crippen molar-refractivity contribution in [2.45, 2.75) is 37.9 Å². The average molecular weight is 666 g/mol. The van der Waals surface area contributed by atoms with Gasteiger partial charge in [0.1, 0.15) is 11.5 Å². The third-order valence-electron chi connectivity index (χ3n) is 5.78. The smallest absolute Gasteiger partial charge is 0.433 e. The van der Waals surface area contributed by atoms with E-state index in [2.05, 4.69) is 9.47 Å². The second-order valence-corrected chi connectivity index (χ2v) is 8.82. The Balaban J connectivity index is 2.00. The second-order valence-electron chi connectivity index (χ2n) is 8.82. The molecule has 2 N–H and O–H groups in total. The maximum absolute atomic E-state index is 15.2. The lowest BCUT2D eigenvalue weighted by Crippen LogP contribution is -2.50. The molecule has 0 radical (unpaired) electrons. The fraction of sp³-hybridized carbons (Fsp3) is 0.231. The lowest BCUT2D eigenvalue weighted by molar-refractivity contribution is -0.348. The molecule has 3 aromatic carbocycles. The van der Waals surface area contributed by atoms with Gasteiger partial charge < -0.3 is 20.1 Å². The van der Waals surface area contributed by atoms with Crippen LogP contribution in [-0.4, -0.2) is 37.1 Å². The first-order valence-corrected chi connectivity index (χ1v) is 11.7. The van der Waals surface area contributed by atoms with Gasteiger partial charge in [-0.05, 0) is 48.9 Å². The van der Waals surface area contributed by atoms with Crippen molar-refractivity contribution in [3.05, 3.63) is 82.7 Å². The Bertz CT molecular complexity index is 1570. The van der Waals surface area contributed by atoms with Crippen LogP contribution < -0.4 is 20.1 Å². The van der Waals surface area contributed by atoms with Crippen molar-refractivity contribution < 1.29 is 76.1 Å². The lowest BCUT2D eigenvalue weighted by atomic mass is 9.92. The van der Waals surface area contributed by atoms with Gasteiger partial charge in [0.2, 0.25) is 0 Å². The van der Waals surface area contributed by atoms with Crippen molar-refractivity contribution in [3.63, 3.8) is 0 Å². The van der Waals surface area contributed by atoms with E-state index < -0.39 is 93.8 Å². The summed E-state index contributed by atoms with van der Waals surface area (Å²) in [6.45, 7) is -3.22. The number of benzene rings is 3. The predicted molar refractivity (Wildman–Crippen MR) is 128 cm³/mol. The number of carbonyl (C=O) groups is 2. The molecule has 19 heteroatoms. The molecule has 3 aromatic rings. The number of anilines is 2. The van der Waals surface area contributed by atoms with Crippen molar-refractivity contribution in [1.82, 2.24) is 0 Å². The molecule has 0 aliphatic carbocycles. The van der Waals surface area contributed by atoms with Crippen molar-refractivity contribution in [2.24, 2.45) is 0 Å². The molecule has 0 aliphatic rings. The molecule has 0 bridgehead atoms. The first kappa shape index (κ1) is 34.8. The number of hydrogen-bond acceptors (Lipinski definition) is 4. The van der Waals surface area contributed by atoms with Gasteiger partial charge in [0.25, 0.3) is 11.8 Å². The summed E-state index contributed by atoms with van der Waals surface area (Å²) in [6, 6.07) is 5.96. The maximum Gasteiger partial charge on any atom is 0.573 e. The molecule has 3 rings (SSSR count). The zero-order valence-corrected chi connectivity index (χ0v) is 21.8. The van der Waals surface area contributed by atoms with E-state index in [0.717, 1.165) is 42.5 Å².